The number of carbonyl (C=O) groups is 1. The number of aromatic amines is 1. The molecular weight excluding hydrogens is 216 g/mol. The highest BCUT2D eigenvalue weighted by Crippen LogP contribution is 2.01. The quantitative estimate of drug-likeness (QED) is 0.757. The molecule has 0 aliphatic rings. The van der Waals surface area contributed by atoms with E-state index in [1.165, 1.54) is 11.8 Å². The van der Waals surface area contributed by atoms with Crippen LogP contribution in [-0.4, -0.2) is 27.9 Å². The van der Waals surface area contributed by atoms with Gasteiger partial charge in [0.05, 0.1) is 6.20 Å². The Morgan fingerprint density at radius 1 is 1.29 bits per heavy atom. The number of hydrogen-bond donors (Lipinski definition) is 2. The van der Waals surface area contributed by atoms with Crippen molar-refractivity contribution >= 4 is 5.91 Å². The van der Waals surface area contributed by atoms with E-state index in [0.29, 0.717) is 12.2 Å². The van der Waals surface area contributed by atoms with Crippen LogP contribution in [0.4, 0.5) is 0 Å². The highest BCUT2D eigenvalue weighted by atomic mass is 16.1. The predicted octanol–water partition coefficient (Wildman–Crippen LogP) is 1.17. The summed E-state index contributed by atoms with van der Waals surface area (Å²) in [6, 6.07) is 10.2. The molecule has 0 aliphatic carbocycles. The van der Waals surface area contributed by atoms with Gasteiger partial charge in [0.1, 0.15) is 0 Å². The number of aromatic nitrogens is 3. The fourth-order valence-electron chi connectivity index (χ4n) is 1.54. The third-order valence-electron chi connectivity index (χ3n) is 2.42. The Bertz CT molecular complexity index is 453. The van der Waals surface area contributed by atoms with Crippen LogP contribution in [0.2, 0.25) is 0 Å². The Kier molecular flexibility index (Phi) is 3.85. The zero-order valence-electron chi connectivity index (χ0n) is 9.39. The van der Waals surface area contributed by atoms with Crippen LogP contribution in [0, 0.1) is 0 Å². The number of carbonyl (C=O) groups excluding carboxylic acids is 1. The molecule has 0 aliphatic heterocycles. The Morgan fingerprint density at radius 3 is 2.82 bits per heavy atom. The molecule has 0 unspecified atom stereocenters. The van der Waals surface area contributed by atoms with Crippen LogP contribution < -0.4 is 5.32 Å². The lowest BCUT2D eigenvalue weighted by Gasteiger charge is -2.03. The minimum atomic E-state index is -0.188. The van der Waals surface area contributed by atoms with E-state index in [1.807, 2.05) is 18.2 Å². The molecule has 0 atom stereocenters. The third kappa shape index (κ3) is 3.41. The van der Waals surface area contributed by atoms with Crippen LogP contribution in [0.3, 0.4) is 0 Å². The van der Waals surface area contributed by atoms with Gasteiger partial charge >= 0.3 is 0 Å². The number of H-pyrrole nitrogens is 1. The molecule has 0 saturated carbocycles. The number of nitrogens with one attached hydrogen (secondary N) is 2. The van der Waals surface area contributed by atoms with Crippen molar-refractivity contribution in [2.24, 2.45) is 0 Å². The topological polar surface area (TPSA) is 70.7 Å². The number of aryl methyl sites for hydroxylation is 1. The van der Waals surface area contributed by atoms with Crippen LogP contribution in [0.15, 0.2) is 36.5 Å². The van der Waals surface area contributed by atoms with Gasteiger partial charge in [0.25, 0.3) is 5.91 Å². The Balaban J connectivity index is 1.69. The van der Waals surface area contributed by atoms with Gasteiger partial charge in [-0.25, -0.2) is 0 Å². The summed E-state index contributed by atoms with van der Waals surface area (Å²) in [4.78, 5) is 11.5. The van der Waals surface area contributed by atoms with Crippen LogP contribution in [-0.2, 0) is 6.42 Å². The molecule has 2 rings (SSSR count). The summed E-state index contributed by atoms with van der Waals surface area (Å²) in [5.41, 5.74) is 1.60. The summed E-state index contributed by atoms with van der Waals surface area (Å²) >= 11 is 0. The maximum atomic E-state index is 11.5. The summed E-state index contributed by atoms with van der Waals surface area (Å²) in [6.07, 6.45) is 3.28. The van der Waals surface area contributed by atoms with Crippen molar-refractivity contribution in [1.82, 2.24) is 20.7 Å². The minimum absolute atomic E-state index is 0.188. The maximum Gasteiger partial charge on any atom is 0.273 e. The summed E-state index contributed by atoms with van der Waals surface area (Å²) in [5.74, 6) is -0.188. The fourth-order valence-corrected chi connectivity index (χ4v) is 1.54. The highest BCUT2D eigenvalue weighted by molar-refractivity contribution is 5.91. The van der Waals surface area contributed by atoms with Crippen molar-refractivity contribution in [2.75, 3.05) is 6.54 Å². The van der Waals surface area contributed by atoms with Crippen LogP contribution in [0.25, 0.3) is 0 Å². The van der Waals surface area contributed by atoms with Gasteiger partial charge in [-0.05, 0) is 18.4 Å². The molecular formula is C12H14N4O. The molecule has 88 valence electrons. The molecule has 0 bridgehead atoms. The summed E-state index contributed by atoms with van der Waals surface area (Å²) < 4.78 is 0. The van der Waals surface area contributed by atoms with E-state index in [-0.39, 0.29) is 5.91 Å². The van der Waals surface area contributed by atoms with Crippen LogP contribution >= 0.6 is 0 Å². The van der Waals surface area contributed by atoms with E-state index in [4.69, 9.17) is 0 Å². The zero-order chi connectivity index (χ0) is 11.9. The first-order chi connectivity index (χ1) is 8.36. The molecule has 1 amide bonds. The second-order valence-corrected chi connectivity index (χ2v) is 3.70. The lowest BCUT2D eigenvalue weighted by Crippen LogP contribution is -2.25. The minimum Gasteiger partial charge on any atom is -0.351 e. The van der Waals surface area contributed by atoms with E-state index >= 15 is 0 Å². The van der Waals surface area contributed by atoms with E-state index in [2.05, 4.69) is 32.9 Å². The predicted molar refractivity (Wildman–Crippen MR) is 63.5 cm³/mol. The van der Waals surface area contributed by atoms with Crippen molar-refractivity contribution in [3.63, 3.8) is 0 Å². The molecule has 1 aromatic carbocycles. The lowest BCUT2D eigenvalue weighted by molar-refractivity contribution is 0.0948. The molecule has 2 N–H and O–H groups in total. The van der Waals surface area contributed by atoms with Gasteiger partial charge in [0.15, 0.2) is 5.69 Å². The SMILES string of the molecule is O=C(NCCCc1ccccc1)c1cn[nH]n1. The van der Waals surface area contributed by atoms with Crippen molar-refractivity contribution in [3.05, 3.63) is 47.8 Å². The monoisotopic (exact) mass is 230 g/mol. The molecule has 0 spiro atoms. The number of amides is 1. The summed E-state index contributed by atoms with van der Waals surface area (Å²) in [7, 11) is 0. The average Bonchev–Trinajstić information content (AvgIpc) is 2.89. The fraction of sp³-hybridized carbons (Fsp3) is 0.250. The smallest absolute Gasteiger partial charge is 0.273 e. The highest BCUT2D eigenvalue weighted by Gasteiger charge is 2.06. The largest absolute Gasteiger partial charge is 0.351 e. The van der Waals surface area contributed by atoms with Crippen LogP contribution in [0.5, 0.6) is 0 Å². The first kappa shape index (κ1) is 11.3. The molecule has 5 nitrogen and oxygen atoms in total. The first-order valence-corrected chi connectivity index (χ1v) is 5.54. The van der Waals surface area contributed by atoms with Gasteiger partial charge < -0.3 is 5.32 Å². The Hall–Kier alpha value is -2.17. The molecule has 0 fully saturated rings. The molecule has 1 heterocycles. The van der Waals surface area contributed by atoms with E-state index < -0.39 is 0 Å². The first-order valence-electron chi connectivity index (χ1n) is 5.54. The van der Waals surface area contributed by atoms with Gasteiger partial charge in [-0.3, -0.25) is 4.79 Å². The molecule has 0 radical (unpaired) electrons. The molecule has 17 heavy (non-hydrogen) atoms. The van der Waals surface area contributed by atoms with Crippen molar-refractivity contribution in [3.8, 4) is 0 Å². The van der Waals surface area contributed by atoms with Gasteiger partial charge in [-0.15, -0.1) is 0 Å². The third-order valence-corrected chi connectivity index (χ3v) is 2.42. The number of nitrogens with zero attached hydrogens (tertiary/aromatic N) is 2. The molecule has 5 heteroatoms. The van der Waals surface area contributed by atoms with Crippen LogP contribution in [0.1, 0.15) is 22.5 Å². The summed E-state index contributed by atoms with van der Waals surface area (Å²) in [6.45, 7) is 0.639. The van der Waals surface area contributed by atoms with E-state index in [1.54, 1.807) is 0 Å². The van der Waals surface area contributed by atoms with Crippen molar-refractivity contribution in [2.45, 2.75) is 12.8 Å². The number of rotatable bonds is 5. The second kappa shape index (κ2) is 5.79. The van der Waals surface area contributed by atoms with Crippen molar-refractivity contribution < 1.29 is 4.79 Å². The second-order valence-electron chi connectivity index (χ2n) is 3.70. The number of hydrogen-bond acceptors (Lipinski definition) is 3. The Morgan fingerprint density at radius 2 is 2.12 bits per heavy atom. The lowest BCUT2D eigenvalue weighted by atomic mass is 10.1. The van der Waals surface area contributed by atoms with Gasteiger partial charge in [0.2, 0.25) is 0 Å². The summed E-state index contributed by atoms with van der Waals surface area (Å²) in [5, 5.41) is 12.5. The maximum absolute atomic E-state index is 11.5. The van der Waals surface area contributed by atoms with Gasteiger partial charge in [-0.1, -0.05) is 30.3 Å². The Labute approximate surface area is 99.2 Å². The van der Waals surface area contributed by atoms with E-state index in [9.17, 15) is 4.79 Å². The normalized spacial score (nSPS) is 10.1. The van der Waals surface area contributed by atoms with Gasteiger partial charge in [-0.2, -0.15) is 15.4 Å². The molecule has 2 aromatic rings. The van der Waals surface area contributed by atoms with Gasteiger partial charge in [0, 0.05) is 6.54 Å². The van der Waals surface area contributed by atoms with E-state index in [0.717, 1.165) is 12.8 Å². The molecule has 0 saturated heterocycles. The standard InChI is InChI=1S/C12H14N4O/c17-12(11-9-14-16-15-11)13-8-4-7-10-5-2-1-3-6-10/h1-3,5-6,9H,4,7-8H2,(H,13,17)(H,14,15,16). The zero-order valence-corrected chi connectivity index (χ0v) is 9.39. The average molecular weight is 230 g/mol. The number of benzene rings is 1. The van der Waals surface area contributed by atoms with Crippen molar-refractivity contribution in [1.29, 1.82) is 0 Å². The molecule has 1 aromatic heterocycles.